The molecule has 0 aliphatic heterocycles. The van der Waals surface area contributed by atoms with E-state index in [1.807, 2.05) is 6.92 Å². The van der Waals surface area contributed by atoms with Gasteiger partial charge in [0.1, 0.15) is 0 Å². The second kappa shape index (κ2) is 5.21. The van der Waals surface area contributed by atoms with Crippen LogP contribution in [0.2, 0.25) is 0 Å². The number of methoxy groups -OCH3 is 2. The topological polar surface area (TPSA) is 55.8 Å². The van der Waals surface area contributed by atoms with Crippen molar-refractivity contribution in [1.82, 2.24) is 0 Å². The Labute approximate surface area is 94.1 Å². The molecule has 0 radical (unpaired) electrons. The molecule has 0 saturated carbocycles. The third-order valence-corrected chi connectivity index (χ3v) is 2.13. The molecule has 0 aromatic heterocycles. The van der Waals surface area contributed by atoms with E-state index < -0.39 is 5.97 Å². The monoisotopic (exact) mass is 222 g/mol. The summed E-state index contributed by atoms with van der Waals surface area (Å²) in [5, 5.41) is 9.05. The zero-order chi connectivity index (χ0) is 12.1. The molecule has 86 valence electrons. The molecule has 0 unspecified atom stereocenters. The van der Waals surface area contributed by atoms with Gasteiger partial charge in [0.15, 0.2) is 11.5 Å². The van der Waals surface area contributed by atoms with Crippen LogP contribution in [0.25, 0.3) is 6.08 Å². The number of benzene rings is 1. The maximum Gasteiger partial charge on any atom is 0.336 e. The van der Waals surface area contributed by atoms with Gasteiger partial charge in [-0.3, -0.25) is 0 Å². The molecule has 4 nitrogen and oxygen atoms in total. The molecule has 0 amide bonds. The average Bonchev–Trinajstić information content (AvgIpc) is 2.28. The minimum absolute atomic E-state index is 0.191. The Morgan fingerprint density at radius 2 is 1.81 bits per heavy atom. The van der Waals surface area contributed by atoms with Gasteiger partial charge in [-0.15, -0.1) is 0 Å². The highest BCUT2D eigenvalue weighted by molar-refractivity contribution is 5.93. The molecule has 16 heavy (non-hydrogen) atoms. The van der Waals surface area contributed by atoms with Gasteiger partial charge >= 0.3 is 5.97 Å². The van der Waals surface area contributed by atoms with Crippen molar-refractivity contribution in [2.75, 3.05) is 14.2 Å². The Morgan fingerprint density at radius 1 is 1.25 bits per heavy atom. The lowest BCUT2D eigenvalue weighted by Crippen LogP contribution is -2.02. The van der Waals surface area contributed by atoms with E-state index in [0.717, 1.165) is 0 Å². The zero-order valence-electron chi connectivity index (χ0n) is 9.48. The quantitative estimate of drug-likeness (QED) is 0.850. The van der Waals surface area contributed by atoms with E-state index in [1.54, 1.807) is 18.2 Å². The van der Waals surface area contributed by atoms with Crippen molar-refractivity contribution in [2.24, 2.45) is 0 Å². The lowest BCUT2D eigenvalue weighted by molar-refractivity contribution is 0.0696. The van der Waals surface area contributed by atoms with Crippen molar-refractivity contribution in [2.45, 2.75) is 6.92 Å². The van der Waals surface area contributed by atoms with Crippen LogP contribution in [-0.2, 0) is 0 Å². The number of carboxylic acids is 1. The van der Waals surface area contributed by atoms with E-state index in [4.69, 9.17) is 14.6 Å². The van der Waals surface area contributed by atoms with Gasteiger partial charge in [-0.2, -0.15) is 0 Å². The molecule has 0 spiro atoms. The second-order valence-electron chi connectivity index (χ2n) is 3.10. The fraction of sp³-hybridized carbons (Fsp3) is 0.250. The van der Waals surface area contributed by atoms with E-state index in [0.29, 0.717) is 17.1 Å². The number of ether oxygens (including phenoxy) is 2. The van der Waals surface area contributed by atoms with Crippen molar-refractivity contribution in [3.05, 3.63) is 29.3 Å². The minimum atomic E-state index is -0.992. The van der Waals surface area contributed by atoms with E-state index in [9.17, 15) is 4.79 Å². The summed E-state index contributed by atoms with van der Waals surface area (Å²) in [6.45, 7) is 1.82. The minimum Gasteiger partial charge on any atom is -0.493 e. The lowest BCUT2D eigenvalue weighted by atomic mass is 10.1. The van der Waals surface area contributed by atoms with Gasteiger partial charge in [-0.1, -0.05) is 12.2 Å². The van der Waals surface area contributed by atoms with Crippen LogP contribution in [0, 0.1) is 0 Å². The molecule has 0 aliphatic rings. The molecule has 0 bridgehead atoms. The molecule has 1 aromatic carbocycles. The number of rotatable bonds is 4. The zero-order valence-corrected chi connectivity index (χ0v) is 9.48. The van der Waals surface area contributed by atoms with Crippen LogP contribution < -0.4 is 9.47 Å². The lowest BCUT2D eigenvalue weighted by Gasteiger charge is -2.10. The van der Waals surface area contributed by atoms with Crippen LogP contribution >= 0.6 is 0 Å². The number of allylic oxidation sites excluding steroid dienone is 1. The third-order valence-electron chi connectivity index (χ3n) is 2.13. The van der Waals surface area contributed by atoms with Crippen LogP contribution in [0.3, 0.4) is 0 Å². The smallest absolute Gasteiger partial charge is 0.336 e. The maximum absolute atomic E-state index is 11.0. The van der Waals surface area contributed by atoms with Crippen molar-refractivity contribution >= 4 is 12.0 Å². The summed E-state index contributed by atoms with van der Waals surface area (Å²) >= 11 is 0. The van der Waals surface area contributed by atoms with Crippen LogP contribution in [-0.4, -0.2) is 25.3 Å². The third kappa shape index (κ3) is 2.34. The van der Waals surface area contributed by atoms with Gasteiger partial charge in [0.05, 0.1) is 19.8 Å². The molecule has 4 heteroatoms. The summed E-state index contributed by atoms with van der Waals surface area (Å²) in [5.41, 5.74) is 0.781. The molecule has 0 fully saturated rings. The summed E-state index contributed by atoms with van der Waals surface area (Å²) in [6.07, 6.45) is 3.49. The standard InChI is InChI=1S/C12H14O4/c1-4-5-8-6-10(15-2)11(16-3)7-9(8)12(13)14/h4-7H,1-3H3,(H,13,14). The number of carbonyl (C=O) groups is 1. The fourth-order valence-corrected chi connectivity index (χ4v) is 1.40. The first-order valence-electron chi connectivity index (χ1n) is 4.76. The molecule has 0 saturated heterocycles. The normalized spacial score (nSPS) is 10.4. The van der Waals surface area contributed by atoms with Gasteiger partial charge in [-0.05, 0) is 24.6 Å². The van der Waals surface area contributed by atoms with Crippen LogP contribution in [0.15, 0.2) is 18.2 Å². The summed E-state index contributed by atoms with van der Waals surface area (Å²) < 4.78 is 10.2. The SMILES string of the molecule is CC=Cc1cc(OC)c(OC)cc1C(=O)O. The van der Waals surface area contributed by atoms with Gasteiger partial charge in [0.2, 0.25) is 0 Å². The number of hydrogen-bond acceptors (Lipinski definition) is 3. The largest absolute Gasteiger partial charge is 0.493 e. The van der Waals surface area contributed by atoms with Gasteiger partial charge < -0.3 is 14.6 Å². The Morgan fingerprint density at radius 3 is 2.25 bits per heavy atom. The predicted molar refractivity (Wildman–Crippen MR) is 61.2 cm³/mol. The van der Waals surface area contributed by atoms with Crippen molar-refractivity contribution < 1.29 is 19.4 Å². The Balaban J connectivity index is 3.41. The molecular formula is C12H14O4. The fourth-order valence-electron chi connectivity index (χ4n) is 1.40. The highest BCUT2D eigenvalue weighted by Gasteiger charge is 2.14. The summed E-state index contributed by atoms with van der Waals surface area (Å²) in [4.78, 5) is 11.0. The van der Waals surface area contributed by atoms with Gasteiger partial charge in [-0.25, -0.2) is 4.79 Å². The van der Waals surface area contributed by atoms with Crippen molar-refractivity contribution in [3.63, 3.8) is 0 Å². The summed E-state index contributed by atoms with van der Waals surface area (Å²) in [6, 6.07) is 3.10. The van der Waals surface area contributed by atoms with E-state index in [1.165, 1.54) is 20.3 Å². The number of aromatic carboxylic acids is 1. The summed E-state index contributed by atoms with van der Waals surface area (Å²) in [7, 11) is 2.98. The first-order valence-corrected chi connectivity index (χ1v) is 4.76. The Hall–Kier alpha value is -1.97. The highest BCUT2D eigenvalue weighted by Crippen LogP contribution is 2.31. The molecule has 0 heterocycles. The number of hydrogen-bond donors (Lipinski definition) is 1. The van der Waals surface area contributed by atoms with E-state index >= 15 is 0 Å². The van der Waals surface area contributed by atoms with E-state index in [2.05, 4.69) is 0 Å². The second-order valence-corrected chi connectivity index (χ2v) is 3.10. The molecule has 0 atom stereocenters. The van der Waals surface area contributed by atoms with Crippen LogP contribution in [0.1, 0.15) is 22.8 Å². The van der Waals surface area contributed by atoms with Crippen molar-refractivity contribution in [3.8, 4) is 11.5 Å². The highest BCUT2D eigenvalue weighted by atomic mass is 16.5. The molecule has 1 rings (SSSR count). The van der Waals surface area contributed by atoms with E-state index in [-0.39, 0.29) is 5.56 Å². The van der Waals surface area contributed by atoms with Gasteiger partial charge in [0, 0.05) is 0 Å². The Kier molecular flexibility index (Phi) is 3.94. The van der Waals surface area contributed by atoms with Crippen LogP contribution in [0.4, 0.5) is 0 Å². The summed E-state index contributed by atoms with van der Waals surface area (Å²) in [5.74, 6) is -0.0668. The molecule has 1 N–H and O–H groups in total. The first-order chi connectivity index (χ1) is 7.63. The Bertz CT molecular complexity index is 421. The first kappa shape index (κ1) is 12.1. The van der Waals surface area contributed by atoms with Crippen LogP contribution in [0.5, 0.6) is 11.5 Å². The number of carboxylic acid groups (broad SMARTS) is 1. The van der Waals surface area contributed by atoms with Crippen molar-refractivity contribution in [1.29, 1.82) is 0 Å². The molecule has 0 aliphatic carbocycles. The molecular weight excluding hydrogens is 208 g/mol. The van der Waals surface area contributed by atoms with Gasteiger partial charge in [0.25, 0.3) is 0 Å². The molecule has 1 aromatic rings. The average molecular weight is 222 g/mol. The predicted octanol–water partition coefficient (Wildman–Crippen LogP) is 2.44. The maximum atomic E-state index is 11.0.